The molecule has 0 radical (unpaired) electrons. The number of halogens is 3. The molecule has 0 spiro atoms. The fourth-order valence-electron chi connectivity index (χ4n) is 2.13. The van der Waals surface area contributed by atoms with Gasteiger partial charge >= 0.3 is 5.97 Å². The minimum Gasteiger partial charge on any atom is -0.477 e. The van der Waals surface area contributed by atoms with Crippen LogP contribution < -0.4 is 0 Å². The van der Waals surface area contributed by atoms with Crippen LogP contribution in [-0.4, -0.2) is 20.9 Å². The first-order valence-corrected chi connectivity index (χ1v) is 6.88. The second-order valence-electron chi connectivity index (χ2n) is 4.73. The predicted octanol–water partition coefficient (Wildman–Crippen LogP) is 4.17. The third-order valence-electron chi connectivity index (χ3n) is 3.21. The van der Waals surface area contributed by atoms with Gasteiger partial charge in [0.1, 0.15) is 11.5 Å². The number of rotatable bonds is 3. The summed E-state index contributed by atoms with van der Waals surface area (Å²) in [5.74, 6) is -2.94. The Morgan fingerprint density at radius 3 is 2.39 bits per heavy atom. The highest BCUT2D eigenvalue weighted by Gasteiger charge is 2.19. The Bertz CT molecular complexity index is 892. The van der Waals surface area contributed by atoms with Crippen LogP contribution >= 0.6 is 11.6 Å². The van der Waals surface area contributed by atoms with Gasteiger partial charge in [-0.25, -0.2) is 18.3 Å². The number of carbonyl (C=O) groups is 1. The molecular weight excluding hydrogens is 326 g/mol. The van der Waals surface area contributed by atoms with Crippen LogP contribution in [-0.2, 0) is 0 Å². The molecule has 0 aliphatic rings. The number of aromatic nitrogens is 2. The largest absolute Gasteiger partial charge is 0.477 e. The monoisotopic (exact) mass is 334 g/mol. The maximum atomic E-state index is 13.9. The van der Waals surface area contributed by atoms with Crippen molar-refractivity contribution in [3.05, 3.63) is 70.9 Å². The van der Waals surface area contributed by atoms with Crippen molar-refractivity contribution in [2.24, 2.45) is 0 Å². The first-order chi connectivity index (χ1) is 11.0. The van der Waals surface area contributed by atoms with E-state index >= 15 is 0 Å². The Morgan fingerprint density at radius 2 is 1.78 bits per heavy atom. The van der Waals surface area contributed by atoms with Crippen molar-refractivity contribution >= 4 is 17.6 Å². The van der Waals surface area contributed by atoms with Gasteiger partial charge in [0.05, 0.1) is 5.69 Å². The summed E-state index contributed by atoms with van der Waals surface area (Å²) in [4.78, 5) is 11.4. The van der Waals surface area contributed by atoms with Gasteiger partial charge < -0.3 is 5.11 Å². The van der Waals surface area contributed by atoms with Crippen molar-refractivity contribution in [3.63, 3.8) is 0 Å². The molecule has 3 rings (SSSR count). The van der Waals surface area contributed by atoms with E-state index in [0.717, 1.165) is 16.8 Å². The van der Waals surface area contributed by atoms with E-state index in [1.54, 1.807) is 24.3 Å². The molecule has 0 bridgehead atoms. The molecular formula is C16H9ClF2N2O2. The lowest BCUT2D eigenvalue weighted by Gasteiger charge is -2.05. The van der Waals surface area contributed by atoms with Crippen LogP contribution in [0.15, 0.2) is 48.5 Å². The molecule has 4 nitrogen and oxygen atoms in total. The van der Waals surface area contributed by atoms with Crippen molar-refractivity contribution < 1.29 is 18.7 Å². The van der Waals surface area contributed by atoms with Gasteiger partial charge in [-0.05, 0) is 30.3 Å². The summed E-state index contributed by atoms with van der Waals surface area (Å²) < 4.78 is 27.9. The average molecular weight is 335 g/mol. The molecule has 2 aromatic carbocycles. The number of carboxylic acids is 1. The number of carboxylic acid groups (broad SMARTS) is 1. The number of aromatic carboxylic acids is 1. The maximum absolute atomic E-state index is 13.9. The van der Waals surface area contributed by atoms with Crippen LogP contribution in [0.3, 0.4) is 0 Å². The van der Waals surface area contributed by atoms with E-state index in [-0.39, 0.29) is 11.4 Å². The normalized spacial score (nSPS) is 10.7. The molecule has 3 aromatic rings. The van der Waals surface area contributed by atoms with Crippen molar-refractivity contribution in [1.29, 1.82) is 0 Å². The van der Waals surface area contributed by atoms with E-state index in [1.165, 1.54) is 6.07 Å². The van der Waals surface area contributed by atoms with Crippen LogP contribution in [0.5, 0.6) is 0 Å². The van der Waals surface area contributed by atoms with Gasteiger partial charge in [0.2, 0.25) is 0 Å². The Balaban J connectivity index is 2.16. The molecule has 0 unspecified atom stereocenters. The average Bonchev–Trinajstić information content (AvgIpc) is 2.93. The van der Waals surface area contributed by atoms with E-state index in [4.69, 9.17) is 11.6 Å². The van der Waals surface area contributed by atoms with E-state index in [9.17, 15) is 18.7 Å². The van der Waals surface area contributed by atoms with Gasteiger partial charge in [-0.15, -0.1) is 0 Å². The summed E-state index contributed by atoms with van der Waals surface area (Å²) in [6.07, 6.45) is 0. The van der Waals surface area contributed by atoms with Crippen LogP contribution in [0.1, 0.15) is 10.5 Å². The molecule has 1 N–H and O–H groups in total. The molecule has 0 saturated carbocycles. The maximum Gasteiger partial charge on any atom is 0.354 e. The van der Waals surface area contributed by atoms with Crippen molar-refractivity contribution in [2.45, 2.75) is 0 Å². The molecule has 1 heterocycles. The van der Waals surface area contributed by atoms with Gasteiger partial charge in [0.15, 0.2) is 11.5 Å². The van der Waals surface area contributed by atoms with Crippen LogP contribution in [0.4, 0.5) is 8.78 Å². The summed E-state index contributed by atoms with van der Waals surface area (Å²) in [7, 11) is 0. The van der Waals surface area contributed by atoms with Crippen LogP contribution in [0, 0.1) is 11.6 Å². The highest BCUT2D eigenvalue weighted by Crippen LogP contribution is 2.24. The molecule has 116 valence electrons. The first kappa shape index (κ1) is 15.2. The zero-order valence-corrected chi connectivity index (χ0v) is 12.3. The summed E-state index contributed by atoms with van der Waals surface area (Å²) >= 11 is 5.81. The molecule has 0 atom stereocenters. The smallest absolute Gasteiger partial charge is 0.354 e. The molecule has 0 saturated heterocycles. The standard InChI is InChI=1S/C16H9ClF2N2O2/c17-10-3-1-9(2-4-10)13-8-15(16(22)23)21(20-13)14-6-5-11(18)7-12(14)19/h1-8H,(H,22,23). The van der Waals surface area contributed by atoms with Gasteiger partial charge in [-0.1, -0.05) is 23.7 Å². The Kier molecular flexibility index (Phi) is 3.83. The van der Waals surface area contributed by atoms with E-state index < -0.39 is 17.6 Å². The van der Waals surface area contributed by atoms with Gasteiger partial charge in [-0.3, -0.25) is 0 Å². The Labute approximate surface area is 134 Å². The van der Waals surface area contributed by atoms with Gasteiger partial charge in [0.25, 0.3) is 0 Å². The van der Waals surface area contributed by atoms with E-state index in [2.05, 4.69) is 5.10 Å². The van der Waals surface area contributed by atoms with Gasteiger partial charge in [0, 0.05) is 16.7 Å². The second-order valence-corrected chi connectivity index (χ2v) is 5.17. The van der Waals surface area contributed by atoms with Gasteiger partial charge in [-0.2, -0.15) is 5.10 Å². The minimum atomic E-state index is -1.28. The van der Waals surface area contributed by atoms with Crippen molar-refractivity contribution in [3.8, 4) is 16.9 Å². The Morgan fingerprint density at radius 1 is 1.09 bits per heavy atom. The third kappa shape index (κ3) is 2.93. The molecule has 0 aliphatic carbocycles. The van der Waals surface area contributed by atoms with Crippen molar-refractivity contribution in [1.82, 2.24) is 9.78 Å². The first-order valence-electron chi connectivity index (χ1n) is 6.50. The SMILES string of the molecule is O=C(O)c1cc(-c2ccc(Cl)cc2)nn1-c1ccc(F)cc1F. The number of benzene rings is 2. The second kappa shape index (κ2) is 5.81. The summed E-state index contributed by atoms with van der Waals surface area (Å²) in [6, 6.07) is 10.8. The summed E-state index contributed by atoms with van der Waals surface area (Å²) in [5, 5.41) is 13.9. The third-order valence-corrected chi connectivity index (χ3v) is 3.46. The highest BCUT2D eigenvalue weighted by molar-refractivity contribution is 6.30. The summed E-state index contributed by atoms with van der Waals surface area (Å²) in [5.41, 5.74) is 0.574. The fourth-order valence-corrected chi connectivity index (χ4v) is 2.26. The zero-order valence-electron chi connectivity index (χ0n) is 11.5. The van der Waals surface area contributed by atoms with Crippen LogP contribution in [0.25, 0.3) is 16.9 Å². The fraction of sp³-hybridized carbons (Fsp3) is 0. The number of nitrogens with zero attached hydrogens (tertiary/aromatic N) is 2. The topological polar surface area (TPSA) is 55.1 Å². The highest BCUT2D eigenvalue weighted by atomic mass is 35.5. The lowest BCUT2D eigenvalue weighted by atomic mass is 10.1. The lowest BCUT2D eigenvalue weighted by molar-refractivity contribution is 0.0687. The molecule has 0 amide bonds. The minimum absolute atomic E-state index is 0.149. The molecule has 1 aromatic heterocycles. The zero-order chi connectivity index (χ0) is 16.6. The molecule has 0 aliphatic heterocycles. The Hall–Kier alpha value is -2.73. The van der Waals surface area contributed by atoms with Crippen LogP contribution in [0.2, 0.25) is 5.02 Å². The summed E-state index contributed by atoms with van der Waals surface area (Å²) in [6.45, 7) is 0. The van der Waals surface area contributed by atoms with E-state index in [1.807, 2.05) is 0 Å². The molecule has 7 heteroatoms. The van der Waals surface area contributed by atoms with E-state index in [0.29, 0.717) is 22.3 Å². The number of hydrogen-bond donors (Lipinski definition) is 1. The van der Waals surface area contributed by atoms with Crippen molar-refractivity contribution in [2.75, 3.05) is 0 Å². The quantitative estimate of drug-likeness (QED) is 0.782. The molecule has 23 heavy (non-hydrogen) atoms. The lowest BCUT2D eigenvalue weighted by Crippen LogP contribution is -2.09. The molecule has 0 fully saturated rings. The number of hydrogen-bond acceptors (Lipinski definition) is 2. The predicted molar refractivity (Wildman–Crippen MR) is 80.9 cm³/mol.